The van der Waals surface area contributed by atoms with Gasteiger partial charge in [-0.2, -0.15) is 4.98 Å². The number of phosphoric ester groups is 1. The molecule has 6 atom stereocenters. The van der Waals surface area contributed by atoms with Gasteiger partial charge in [-0.25, -0.2) is 18.5 Å². The molecule has 1 aromatic heterocycles. The molecule has 0 radical (unpaired) electrons. The van der Waals surface area contributed by atoms with Gasteiger partial charge in [-0.1, -0.05) is 24.1 Å². The molecule has 2 aromatic rings. The number of carbonyl (C=O) groups excluding carboxylic acids is 1. The van der Waals surface area contributed by atoms with Crippen LogP contribution in [0.5, 0.6) is 5.75 Å². The number of ether oxygens (including phenoxy) is 2. The van der Waals surface area contributed by atoms with Crippen molar-refractivity contribution in [2.24, 2.45) is 5.73 Å². The van der Waals surface area contributed by atoms with Gasteiger partial charge in [0.25, 0.3) is 0 Å². The standard InChI is InChI=1S/C23H28FN4O9P/c1-5-23(26)18(29)17(35-21(23)28-11-16(24)19(25)27-22(28)31)12-33-38(32,37-15-9-7-6-8-10-15)36-14(4)20(30)34-13(2)3/h1,6-11,13-14,17-18,21,29H,12,26H2,2-4H3,(H2,25,27,31)/t14-,17+,18?,21+,23+,38?/m0/s1. The van der Waals surface area contributed by atoms with Crippen LogP contribution in [0, 0.1) is 18.2 Å². The molecule has 2 unspecified atom stereocenters. The molecule has 5 N–H and O–H groups in total. The van der Waals surface area contributed by atoms with Crippen LogP contribution in [0.3, 0.4) is 0 Å². The highest BCUT2D eigenvalue weighted by molar-refractivity contribution is 7.49. The third-order valence-corrected chi connectivity index (χ3v) is 6.79. The summed E-state index contributed by atoms with van der Waals surface area (Å²) >= 11 is 0. The van der Waals surface area contributed by atoms with E-state index in [1.807, 2.05) is 0 Å². The van der Waals surface area contributed by atoms with E-state index in [-0.39, 0.29) is 5.75 Å². The van der Waals surface area contributed by atoms with E-state index >= 15 is 0 Å². The van der Waals surface area contributed by atoms with Crippen molar-refractivity contribution in [3.8, 4) is 18.1 Å². The Kier molecular flexibility index (Phi) is 8.94. The fraction of sp³-hybridized carbons (Fsp3) is 0.435. The van der Waals surface area contributed by atoms with Crippen LogP contribution in [-0.2, 0) is 27.9 Å². The lowest BCUT2D eigenvalue weighted by Crippen LogP contribution is -2.55. The first-order chi connectivity index (χ1) is 17.8. The first-order valence-electron chi connectivity index (χ1n) is 11.3. The molecular formula is C23H28FN4O9P. The summed E-state index contributed by atoms with van der Waals surface area (Å²) in [5, 5.41) is 10.8. The number of esters is 1. The number of phosphoric acid groups is 1. The summed E-state index contributed by atoms with van der Waals surface area (Å²) in [4.78, 5) is 27.9. The number of rotatable bonds is 10. The van der Waals surface area contributed by atoms with Gasteiger partial charge in [0.05, 0.1) is 18.9 Å². The molecule has 0 amide bonds. The maximum atomic E-state index is 14.0. The van der Waals surface area contributed by atoms with E-state index in [9.17, 15) is 23.7 Å². The lowest BCUT2D eigenvalue weighted by Gasteiger charge is -2.27. The second kappa shape index (κ2) is 11.6. The number of nitrogens with zero attached hydrogens (tertiary/aromatic N) is 2. The maximum Gasteiger partial charge on any atom is 0.530 e. The molecule has 1 aromatic carbocycles. The number of aliphatic hydroxyl groups excluding tert-OH is 1. The topological polar surface area (TPSA) is 187 Å². The van der Waals surface area contributed by atoms with Crippen molar-refractivity contribution in [2.45, 2.75) is 57.0 Å². The number of nitrogens with two attached hydrogens (primary N) is 2. The second-order valence-corrected chi connectivity index (χ2v) is 10.1. The normalized spacial score (nSPS) is 25.4. The number of benzene rings is 1. The Morgan fingerprint density at radius 2 is 2.03 bits per heavy atom. The predicted molar refractivity (Wildman–Crippen MR) is 131 cm³/mol. The SMILES string of the molecule is C#C[C@@]1(N)C(O)[C@@H](COP(=O)(Oc2ccccc2)O[C@@H](C)C(=O)OC(C)C)O[C@H]1n1cc(F)c(N)nc1=O. The molecule has 1 aliphatic rings. The molecule has 1 fully saturated rings. The van der Waals surface area contributed by atoms with Crippen molar-refractivity contribution in [1.29, 1.82) is 0 Å². The van der Waals surface area contributed by atoms with Gasteiger partial charge in [0.15, 0.2) is 29.5 Å². The molecular weight excluding hydrogens is 526 g/mol. The van der Waals surface area contributed by atoms with E-state index in [2.05, 4.69) is 10.9 Å². The summed E-state index contributed by atoms with van der Waals surface area (Å²) in [6, 6.07) is 7.80. The predicted octanol–water partition coefficient (Wildman–Crippen LogP) is 1.11. The Balaban J connectivity index is 1.85. The van der Waals surface area contributed by atoms with Crippen LogP contribution in [0.15, 0.2) is 41.3 Å². The average Bonchev–Trinajstić information content (AvgIpc) is 3.10. The van der Waals surface area contributed by atoms with Crippen LogP contribution in [0.25, 0.3) is 0 Å². The van der Waals surface area contributed by atoms with Gasteiger partial charge in [-0.3, -0.25) is 13.6 Å². The van der Waals surface area contributed by atoms with E-state index in [1.165, 1.54) is 19.1 Å². The fourth-order valence-corrected chi connectivity index (χ4v) is 4.77. The van der Waals surface area contributed by atoms with Crippen LogP contribution in [-0.4, -0.2) is 57.2 Å². The van der Waals surface area contributed by atoms with Gasteiger partial charge in [-0.05, 0) is 32.9 Å². The third-order valence-electron chi connectivity index (χ3n) is 5.32. The van der Waals surface area contributed by atoms with Crippen molar-refractivity contribution in [3.05, 3.63) is 52.8 Å². The lowest BCUT2D eigenvalue weighted by atomic mass is 9.92. The minimum atomic E-state index is -4.58. The Hall–Kier alpha value is -3.31. The molecule has 0 bridgehead atoms. The molecule has 3 rings (SSSR count). The lowest BCUT2D eigenvalue weighted by molar-refractivity contribution is -0.156. The smallest absolute Gasteiger partial charge is 0.461 e. The summed E-state index contributed by atoms with van der Waals surface area (Å²) in [6.07, 6.45) is -0.381. The largest absolute Gasteiger partial charge is 0.530 e. The van der Waals surface area contributed by atoms with E-state index in [0.717, 1.165) is 0 Å². The van der Waals surface area contributed by atoms with E-state index < -0.39 is 73.9 Å². The second-order valence-electron chi connectivity index (χ2n) is 8.59. The van der Waals surface area contributed by atoms with Gasteiger partial charge < -0.3 is 30.6 Å². The maximum absolute atomic E-state index is 14.0. The average molecular weight is 554 g/mol. The van der Waals surface area contributed by atoms with E-state index in [1.54, 1.807) is 32.0 Å². The minimum absolute atomic E-state index is 0.0813. The monoisotopic (exact) mass is 554 g/mol. The number of para-hydroxylation sites is 1. The molecule has 38 heavy (non-hydrogen) atoms. The number of halogens is 1. The first kappa shape index (κ1) is 29.2. The summed E-state index contributed by atoms with van der Waals surface area (Å²) in [5.74, 6) is -0.319. The molecule has 15 heteroatoms. The number of anilines is 1. The van der Waals surface area contributed by atoms with Crippen molar-refractivity contribution in [1.82, 2.24) is 9.55 Å². The van der Waals surface area contributed by atoms with Gasteiger partial charge >= 0.3 is 19.5 Å². The summed E-state index contributed by atoms with van der Waals surface area (Å²) in [6.45, 7) is 3.82. The number of aliphatic hydroxyl groups is 1. The number of terminal acetylenes is 1. The van der Waals surface area contributed by atoms with Crippen LogP contribution < -0.4 is 21.7 Å². The quantitative estimate of drug-likeness (QED) is 0.216. The number of hydrogen-bond donors (Lipinski definition) is 3. The van der Waals surface area contributed by atoms with Gasteiger partial charge in [0.2, 0.25) is 0 Å². The molecule has 0 aliphatic carbocycles. The van der Waals surface area contributed by atoms with E-state index in [0.29, 0.717) is 10.8 Å². The molecule has 1 saturated heterocycles. The third kappa shape index (κ3) is 6.39. The Morgan fingerprint density at radius 1 is 1.37 bits per heavy atom. The van der Waals surface area contributed by atoms with E-state index in [4.69, 9.17) is 40.9 Å². The van der Waals surface area contributed by atoms with Crippen molar-refractivity contribution < 1.29 is 41.9 Å². The summed E-state index contributed by atoms with van der Waals surface area (Å²) < 4.78 is 55.1. The number of hydrogen-bond acceptors (Lipinski definition) is 12. The van der Waals surface area contributed by atoms with Crippen LogP contribution in [0.4, 0.5) is 10.2 Å². The van der Waals surface area contributed by atoms with Crippen molar-refractivity contribution in [3.63, 3.8) is 0 Å². The Labute approximate surface area is 217 Å². The highest BCUT2D eigenvalue weighted by atomic mass is 31.2. The molecule has 2 heterocycles. The van der Waals surface area contributed by atoms with Crippen LogP contribution in [0.2, 0.25) is 0 Å². The highest BCUT2D eigenvalue weighted by Crippen LogP contribution is 2.51. The molecule has 1 aliphatic heterocycles. The number of nitrogen functional groups attached to an aromatic ring is 1. The zero-order chi connectivity index (χ0) is 28.3. The van der Waals surface area contributed by atoms with Crippen molar-refractivity contribution in [2.75, 3.05) is 12.3 Å². The Bertz CT molecular complexity index is 1300. The molecule has 13 nitrogen and oxygen atoms in total. The highest BCUT2D eigenvalue weighted by Gasteiger charge is 2.55. The first-order valence-corrected chi connectivity index (χ1v) is 12.8. The van der Waals surface area contributed by atoms with Crippen molar-refractivity contribution >= 4 is 19.6 Å². The van der Waals surface area contributed by atoms with Crippen LogP contribution >= 0.6 is 7.82 Å². The van der Waals surface area contributed by atoms with Crippen LogP contribution in [0.1, 0.15) is 27.0 Å². The fourth-order valence-electron chi connectivity index (χ4n) is 3.43. The Morgan fingerprint density at radius 3 is 2.63 bits per heavy atom. The summed E-state index contributed by atoms with van der Waals surface area (Å²) in [7, 11) is -4.58. The van der Waals surface area contributed by atoms with Gasteiger partial charge in [0.1, 0.15) is 18.0 Å². The van der Waals surface area contributed by atoms with Gasteiger partial charge in [0, 0.05) is 0 Å². The minimum Gasteiger partial charge on any atom is -0.461 e. The molecule has 0 saturated carbocycles. The number of aromatic nitrogens is 2. The zero-order valence-corrected chi connectivity index (χ0v) is 21.6. The molecule has 206 valence electrons. The van der Waals surface area contributed by atoms with Gasteiger partial charge in [-0.15, -0.1) is 6.42 Å². The number of carbonyl (C=O) groups is 1. The summed E-state index contributed by atoms with van der Waals surface area (Å²) in [5.41, 5.74) is 8.35. The zero-order valence-electron chi connectivity index (χ0n) is 20.7. The molecule has 0 spiro atoms.